The zero-order chi connectivity index (χ0) is 16.2. The number of para-hydroxylation sites is 2. The number of hydrogen-bond donors (Lipinski definition) is 1. The van der Waals surface area contributed by atoms with Gasteiger partial charge < -0.3 is 0 Å². The fourth-order valence-corrected chi connectivity index (χ4v) is 2.21. The standard InChI is InChI=1S/C8H6N2O.C7H8O3S/c11-8-5-9-6-3-1-2-4-7(6)10-8;1-6-2-4-7(5-3-6)11(8,9)10/h1-4H,5H2;2-5H,1H3,(H,8,9,10). The van der Waals surface area contributed by atoms with Gasteiger partial charge in [-0.05, 0) is 31.2 Å². The summed E-state index contributed by atoms with van der Waals surface area (Å²) >= 11 is 0. The van der Waals surface area contributed by atoms with Crippen LogP contribution in [-0.2, 0) is 14.9 Å². The van der Waals surface area contributed by atoms with Crippen LogP contribution < -0.4 is 10.7 Å². The predicted molar refractivity (Wildman–Crippen MR) is 79.6 cm³/mol. The second kappa shape index (κ2) is 6.59. The van der Waals surface area contributed by atoms with E-state index in [9.17, 15) is 13.2 Å². The maximum atomic E-state index is 10.8. The predicted octanol–water partition coefficient (Wildman–Crippen LogP) is 0.708. The van der Waals surface area contributed by atoms with E-state index in [1.807, 2.05) is 25.1 Å². The molecular weight excluding hydrogens is 304 g/mol. The molecule has 0 saturated heterocycles. The molecule has 114 valence electrons. The fourth-order valence-electron chi connectivity index (χ4n) is 1.73. The van der Waals surface area contributed by atoms with E-state index in [1.54, 1.807) is 18.2 Å². The smallest absolute Gasteiger partial charge is 0.282 e. The zero-order valence-corrected chi connectivity index (χ0v) is 12.6. The summed E-state index contributed by atoms with van der Waals surface area (Å²) in [5, 5.41) is 1.50. The van der Waals surface area contributed by atoms with E-state index in [4.69, 9.17) is 4.55 Å². The van der Waals surface area contributed by atoms with Crippen LogP contribution in [0.1, 0.15) is 5.56 Å². The summed E-state index contributed by atoms with van der Waals surface area (Å²) in [6, 6.07) is 13.4. The van der Waals surface area contributed by atoms with Gasteiger partial charge in [-0.3, -0.25) is 14.3 Å². The Morgan fingerprint density at radius 1 is 1.00 bits per heavy atom. The summed E-state index contributed by atoms with van der Waals surface area (Å²) in [6.45, 7) is 2.03. The lowest BCUT2D eigenvalue weighted by Gasteiger charge is -1.95. The van der Waals surface area contributed by atoms with Crippen LogP contribution in [0.4, 0.5) is 0 Å². The number of hydrogen-bond acceptors (Lipinski definition) is 4. The third kappa shape index (κ3) is 4.31. The summed E-state index contributed by atoms with van der Waals surface area (Å²) in [7, 11) is -4.02. The summed E-state index contributed by atoms with van der Waals surface area (Å²) < 4.78 is 29.6. The number of amides is 1. The Bertz CT molecular complexity index is 903. The van der Waals surface area contributed by atoms with Crippen molar-refractivity contribution in [3.05, 3.63) is 64.8 Å². The zero-order valence-electron chi connectivity index (χ0n) is 11.8. The molecule has 0 spiro atoms. The van der Waals surface area contributed by atoms with Gasteiger partial charge in [-0.25, -0.2) is 4.99 Å². The maximum absolute atomic E-state index is 10.8. The van der Waals surface area contributed by atoms with E-state index in [-0.39, 0.29) is 17.3 Å². The first-order chi connectivity index (χ1) is 10.4. The topological polar surface area (TPSA) is 96.2 Å². The molecule has 22 heavy (non-hydrogen) atoms. The lowest BCUT2D eigenvalue weighted by Crippen LogP contribution is -2.31. The highest BCUT2D eigenvalue weighted by atomic mass is 32.2. The lowest BCUT2D eigenvalue weighted by molar-refractivity contribution is -0.116. The molecular formula is C15H14N2O4S. The molecule has 6 nitrogen and oxygen atoms in total. The highest BCUT2D eigenvalue weighted by Crippen LogP contribution is 2.08. The van der Waals surface area contributed by atoms with Crippen molar-refractivity contribution in [1.82, 2.24) is 0 Å². The minimum atomic E-state index is -4.02. The number of nitrogens with zero attached hydrogens (tertiary/aromatic N) is 2. The Labute approximate surface area is 127 Å². The molecule has 1 heterocycles. The van der Waals surface area contributed by atoms with Gasteiger partial charge >= 0.3 is 0 Å². The molecule has 3 rings (SSSR count). The first-order valence-corrected chi connectivity index (χ1v) is 7.85. The number of fused-ring (bicyclic) bond motifs is 1. The second-order valence-electron chi connectivity index (χ2n) is 4.60. The van der Waals surface area contributed by atoms with Crippen LogP contribution in [0.2, 0.25) is 0 Å². The molecule has 0 atom stereocenters. The molecule has 2 aromatic carbocycles. The first-order valence-electron chi connectivity index (χ1n) is 6.41. The number of carbonyl (C=O) groups is 1. The van der Waals surface area contributed by atoms with Crippen molar-refractivity contribution in [1.29, 1.82) is 0 Å². The van der Waals surface area contributed by atoms with Gasteiger partial charge in [-0.2, -0.15) is 8.42 Å². The van der Waals surface area contributed by atoms with Gasteiger partial charge in [0.15, 0.2) is 0 Å². The SMILES string of the molecule is Cc1ccc(S(=O)(=O)O)cc1.O=C1CN=c2ccccc2=N1. The van der Waals surface area contributed by atoms with Crippen LogP contribution in [0.5, 0.6) is 0 Å². The molecule has 0 unspecified atom stereocenters. The molecule has 0 saturated carbocycles. The van der Waals surface area contributed by atoms with Crippen molar-refractivity contribution in [2.75, 3.05) is 6.54 Å². The number of benzene rings is 2. The van der Waals surface area contributed by atoms with Crippen LogP contribution in [0.25, 0.3) is 0 Å². The number of carbonyl (C=O) groups excluding carboxylic acids is 1. The van der Waals surface area contributed by atoms with Crippen LogP contribution in [0, 0.1) is 6.92 Å². The molecule has 0 aromatic heterocycles. The third-order valence-electron chi connectivity index (χ3n) is 2.83. The number of aryl methyl sites for hydroxylation is 1. The van der Waals surface area contributed by atoms with Crippen molar-refractivity contribution in [2.24, 2.45) is 9.98 Å². The van der Waals surface area contributed by atoms with Crippen molar-refractivity contribution in [3.8, 4) is 0 Å². The van der Waals surface area contributed by atoms with E-state index >= 15 is 0 Å². The molecule has 0 fully saturated rings. The van der Waals surface area contributed by atoms with Gasteiger partial charge in [-0.15, -0.1) is 0 Å². The summed E-state index contributed by atoms with van der Waals surface area (Å²) in [5.74, 6) is -0.163. The maximum Gasteiger partial charge on any atom is 0.294 e. The van der Waals surface area contributed by atoms with Gasteiger partial charge in [0.25, 0.3) is 16.0 Å². The molecule has 2 aromatic rings. The normalized spacial score (nSPS) is 13.1. The highest BCUT2D eigenvalue weighted by molar-refractivity contribution is 7.85. The molecule has 0 radical (unpaired) electrons. The van der Waals surface area contributed by atoms with Crippen molar-refractivity contribution in [3.63, 3.8) is 0 Å². The minimum absolute atomic E-state index is 0.0666. The van der Waals surface area contributed by atoms with Gasteiger partial charge in [0.1, 0.15) is 6.54 Å². The summed E-state index contributed by atoms with van der Waals surface area (Å²) in [6.07, 6.45) is 0. The first kappa shape index (κ1) is 16.0. The highest BCUT2D eigenvalue weighted by Gasteiger charge is 2.06. The van der Waals surface area contributed by atoms with Gasteiger partial charge in [0.2, 0.25) is 0 Å². The monoisotopic (exact) mass is 318 g/mol. The van der Waals surface area contributed by atoms with Crippen molar-refractivity contribution < 1.29 is 17.8 Å². The van der Waals surface area contributed by atoms with Crippen LogP contribution >= 0.6 is 0 Å². The van der Waals surface area contributed by atoms with E-state index < -0.39 is 10.1 Å². The Balaban J connectivity index is 0.000000160. The Hall–Kier alpha value is -2.38. The van der Waals surface area contributed by atoms with Crippen molar-refractivity contribution >= 4 is 16.0 Å². The Morgan fingerprint density at radius 3 is 2.18 bits per heavy atom. The van der Waals surface area contributed by atoms with Crippen LogP contribution in [0.15, 0.2) is 63.4 Å². The third-order valence-corrected chi connectivity index (χ3v) is 3.70. The summed E-state index contributed by atoms with van der Waals surface area (Å²) in [5.41, 5.74) is 0.956. The van der Waals surface area contributed by atoms with E-state index in [0.29, 0.717) is 5.36 Å². The molecule has 1 aliphatic rings. The molecule has 0 bridgehead atoms. The molecule has 1 N–H and O–H groups in total. The van der Waals surface area contributed by atoms with Gasteiger partial charge in [0, 0.05) is 0 Å². The van der Waals surface area contributed by atoms with Gasteiger partial charge in [-0.1, -0.05) is 29.8 Å². The average molecular weight is 318 g/mol. The number of rotatable bonds is 1. The van der Waals surface area contributed by atoms with Crippen molar-refractivity contribution in [2.45, 2.75) is 11.8 Å². The average Bonchev–Trinajstić information content (AvgIpc) is 2.47. The van der Waals surface area contributed by atoms with E-state index in [2.05, 4.69) is 9.98 Å². The second-order valence-corrected chi connectivity index (χ2v) is 6.02. The fraction of sp³-hybridized carbons (Fsp3) is 0.133. The van der Waals surface area contributed by atoms with E-state index in [0.717, 1.165) is 10.9 Å². The minimum Gasteiger partial charge on any atom is -0.282 e. The largest absolute Gasteiger partial charge is 0.294 e. The van der Waals surface area contributed by atoms with Gasteiger partial charge in [0.05, 0.1) is 15.6 Å². The lowest BCUT2D eigenvalue weighted by atomic mass is 10.2. The van der Waals surface area contributed by atoms with Crippen LogP contribution in [0.3, 0.4) is 0 Å². The van der Waals surface area contributed by atoms with Crippen LogP contribution in [-0.4, -0.2) is 25.4 Å². The molecule has 1 aliphatic heterocycles. The Kier molecular flexibility index (Phi) is 4.79. The molecule has 1 amide bonds. The van der Waals surface area contributed by atoms with E-state index in [1.165, 1.54) is 12.1 Å². The Morgan fingerprint density at radius 2 is 1.59 bits per heavy atom. The summed E-state index contributed by atoms with van der Waals surface area (Å²) in [4.78, 5) is 18.5. The molecule has 0 aliphatic carbocycles. The quantitative estimate of drug-likeness (QED) is 0.783. The molecule has 7 heteroatoms.